The van der Waals surface area contributed by atoms with Gasteiger partial charge in [0.05, 0.1) is 16.7 Å². The van der Waals surface area contributed by atoms with E-state index in [9.17, 15) is 20.0 Å². The molecule has 3 rings (SSSR count). The normalized spacial score (nSPS) is 16.0. The lowest BCUT2D eigenvalue weighted by Crippen LogP contribution is -2.16. The van der Waals surface area contributed by atoms with Crippen molar-refractivity contribution in [3.05, 3.63) is 50.9 Å². The first-order valence-electron chi connectivity index (χ1n) is 8.10. The van der Waals surface area contributed by atoms with Gasteiger partial charge in [-0.1, -0.05) is 18.6 Å². The summed E-state index contributed by atoms with van der Waals surface area (Å²) in [6.07, 6.45) is 2.79. The van der Waals surface area contributed by atoms with Crippen molar-refractivity contribution in [3.8, 4) is 6.07 Å². The van der Waals surface area contributed by atoms with Crippen LogP contribution in [-0.2, 0) is 12.8 Å². The molecule has 0 spiro atoms. The number of anilines is 1. The van der Waals surface area contributed by atoms with E-state index in [0.717, 1.165) is 35.3 Å². The summed E-state index contributed by atoms with van der Waals surface area (Å²) in [7, 11) is 0. The zero-order valence-corrected chi connectivity index (χ0v) is 14.9. The maximum Gasteiger partial charge on any atom is 0.336 e. The number of benzene rings is 1. The van der Waals surface area contributed by atoms with E-state index >= 15 is 0 Å². The van der Waals surface area contributed by atoms with Crippen LogP contribution in [0.15, 0.2) is 18.2 Å². The molecule has 0 fully saturated rings. The molecule has 1 aliphatic rings. The van der Waals surface area contributed by atoms with Crippen LogP contribution in [0.5, 0.6) is 0 Å². The van der Waals surface area contributed by atoms with Gasteiger partial charge in [0.25, 0.3) is 5.91 Å². The molecule has 6 heteroatoms. The molecule has 1 aromatic carbocycles. The van der Waals surface area contributed by atoms with Gasteiger partial charge < -0.3 is 10.4 Å². The fourth-order valence-electron chi connectivity index (χ4n) is 3.16. The van der Waals surface area contributed by atoms with Gasteiger partial charge in [-0.15, -0.1) is 11.3 Å². The van der Waals surface area contributed by atoms with Crippen LogP contribution >= 0.6 is 11.3 Å². The summed E-state index contributed by atoms with van der Waals surface area (Å²) in [6.45, 7) is 3.98. The van der Waals surface area contributed by atoms with E-state index < -0.39 is 11.9 Å². The average molecular weight is 354 g/mol. The zero-order valence-electron chi connectivity index (χ0n) is 14.0. The number of amides is 1. The quantitative estimate of drug-likeness (QED) is 0.871. The summed E-state index contributed by atoms with van der Waals surface area (Å²) in [5.41, 5.74) is 2.41. The zero-order chi connectivity index (χ0) is 18.1. The number of fused-ring (bicyclic) bond motifs is 1. The van der Waals surface area contributed by atoms with Crippen molar-refractivity contribution in [1.29, 1.82) is 5.26 Å². The Bertz CT molecular complexity index is 908. The highest BCUT2D eigenvalue weighted by Gasteiger charge is 2.25. The first-order valence-corrected chi connectivity index (χ1v) is 8.92. The predicted octanol–water partition coefficient (Wildman–Crippen LogP) is 4.00. The van der Waals surface area contributed by atoms with Crippen LogP contribution in [-0.4, -0.2) is 17.0 Å². The molecule has 25 heavy (non-hydrogen) atoms. The number of carboxylic acid groups (broad SMARTS) is 1. The van der Waals surface area contributed by atoms with E-state index in [4.69, 9.17) is 0 Å². The van der Waals surface area contributed by atoms with Gasteiger partial charge in [-0.25, -0.2) is 4.79 Å². The van der Waals surface area contributed by atoms with Gasteiger partial charge >= 0.3 is 5.97 Å². The molecular formula is C19H18N2O3S. The SMILES string of the molecule is Cc1ccc(C(=O)O)c(C(=O)Nc2sc3c(c2C#N)CC[C@H](C)C3)c1. The fourth-order valence-corrected chi connectivity index (χ4v) is 4.52. The minimum atomic E-state index is -1.15. The van der Waals surface area contributed by atoms with Gasteiger partial charge in [-0.2, -0.15) is 5.26 Å². The molecule has 0 unspecified atom stereocenters. The van der Waals surface area contributed by atoms with Crippen LogP contribution in [0, 0.1) is 24.2 Å². The second-order valence-corrected chi connectivity index (χ2v) is 7.58. The summed E-state index contributed by atoms with van der Waals surface area (Å²) in [4.78, 5) is 25.2. The van der Waals surface area contributed by atoms with Crippen molar-refractivity contribution in [1.82, 2.24) is 0 Å². The average Bonchev–Trinajstić information content (AvgIpc) is 2.90. The Morgan fingerprint density at radius 1 is 1.36 bits per heavy atom. The van der Waals surface area contributed by atoms with E-state index in [2.05, 4.69) is 18.3 Å². The Hall–Kier alpha value is -2.65. The molecule has 128 valence electrons. The van der Waals surface area contributed by atoms with Crippen molar-refractivity contribution in [2.75, 3.05) is 5.32 Å². The number of nitrogens with zero attached hydrogens (tertiary/aromatic N) is 1. The van der Waals surface area contributed by atoms with Gasteiger partial charge in [0.15, 0.2) is 0 Å². The molecule has 0 bridgehead atoms. The van der Waals surface area contributed by atoms with E-state index in [1.54, 1.807) is 19.1 Å². The molecule has 1 atom stereocenters. The number of carbonyl (C=O) groups excluding carboxylic acids is 1. The van der Waals surface area contributed by atoms with E-state index in [-0.39, 0.29) is 11.1 Å². The Balaban J connectivity index is 1.96. The highest BCUT2D eigenvalue weighted by Crippen LogP contribution is 2.39. The molecule has 1 aromatic heterocycles. The smallest absolute Gasteiger partial charge is 0.336 e. The first-order chi connectivity index (χ1) is 11.9. The van der Waals surface area contributed by atoms with Crippen LogP contribution in [0.25, 0.3) is 0 Å². The Labute approximate surface area is 149 Å². The second-order valence-electron chi connectivity index (χ2n) is 6.48. The number of hydrogen-bond acceptors (Lipinski definition) is 4. The van der Waals surface area contributed by atoms with Gasteiger partial charge in [0.1, 0.15) is 11.1 Å². The molecule has 0 aliphatic heterocycles. The van der Waals surface area contributed by atoms with Crippen molar-refractivity contribution < 1.29 is 14.7 Å². The van der Waals surface area contributed by atoms with Crippen LogP contribution < -0.4 is 5.32 Å². The number of aryl methyl sites for hydroxylation is 1. The third kappa shape index (κ3) is 3.28. The summed E-state index contributed by atoms with van der Waals surface area (Å²) < 4.78 is 0. The lowest BCUT2D eigenvalue weighted by atomic mass is 9.88. The molecule has 1 aliphatic carbocycles. The first kappa shape index (κ1) is 17.2. The van der Waals surface area contributed by atoms with Crippen molar-refractivity contribution >= 4 is 28.2 Å². The van der Waals surface area contributed by atoms with Crippen LogP contribution in [0.1, 0.15) is 55.6 Å². The minimum absolute atomic E-state index is 0.0449. The molecule has 5 nitrogen and oxygen atoms in total. The molecular weight excluding hydrogens is 336 g/mol. The number of carbonyl (C=O) groups is 2. The number of hydrogen-bond donors (Lipinski definition) is 2. The number of carboxylic acids is 1. The predicted molar refractivity (Wildman–Crippen MR) is 96.3 cm³/mol. The molecule has 2 N–H and O–H groups in total. The molecule has 1 amide bonds. The van der Waals surface area contributed by atoms with Crippen LogP contribution in [0.4, 0.5) is 5.00 Å². The third-order valence-electron chi connectivity index (χ3n) is 4.50. The monoisotopic (exact) mass is 354 g/mol. The summed E-state index contributed by atoms with van der Waals surface area (Å²) in [5.74, 6) is -1.08. The Morgan fingerprint density at radius 2 is 2.12 bits per heavy atom. The largest absolute Gasteiger partial charge is 0.478 e. The van der Waals surface area contributed by atoms with E-state index in [1.165, 1.54) is 17.4 Å². The van der Waals surface area contributed by atoms with Gasteiger partial charge in [0.2, 0.25) is 0 Å². The summed E-state index contributed by atoms with van der Waals surface area (Å²) in [5, 5.41) is 22.1. The van der Waals surface area contributed by atoms with E-state index in [1.807, 2.05) is 0 Å². The number of aromatic carboxylic acids is 1. The molecule has 0 radical (unpaired) electrons. The number of thiophene rings is 1. The summed E-state index contributed by atoms with van der Waals surface area (Å²) in [6, 6.07) is 6.85. The third-order valence-corrected chi connectivity index (χ3v) is 5.67. The maximum atomic E-state index is 12.7. The van der Waals surface area contributed by atoms with Gasteiger partial charge in [0, 0.05) is 4.88 Å². The van der Waals surface area contributed by atoms with Gasteiger partial charge in [-0.05, 0) is 49.8 Å². The highest BCUT2D eigenvalue weighted by atomic mass is 32.1. The topological polar surface area (TPSA) is 90.2 Å². The lowest BCUT2D eigenvalue weighted by Gasteiger charge is -2.17. The highest BCUT2D eigenvalue weighted by molar-refractivity contribution is 7.16. The number of nitrogens with one attached hydrogen (secondary N) is 1. The van der Waals surface area contributed by atoms with Crippen LogP contribution in [0.3, 0.4) is 0 Å². The number of rotatable bonds is 3. The molecule has 1 heterocycles. The minimum Gasteiger partial charge on any atom is -0.478 e. The molecule has 0 saturated carbocycles. The summed E-state index contributed by atoms with van der Waals surface area (Å²) >= 11 is 1.43. The molecule has 0 saturated heterocycles. The standard InChI is InChI=1S/C19H18N2O3S/c1-10-4-6-13(19(23)24)14(7-10)17(22)21-18-15(9-20)12-5-3-11(2)8-16(12)25-18/h4,6-7,11H,3,5,8H2,1-2H3,(H,21,22)(H,23,24)/t11-/m0/s1. The van der Waals surface area contributed by atoms with Gasteiger partial charge in [-0.3, -0.25) is 4.79 Å². The van der Waals surface area contributed by atoms with Crippen molar-refractivity contribution in [2.45, 2.75) is 33.1 Å². The lowest BCUT2D eigenvalue weighted by molar-refractivity contribution is 0.0692. The molecule has 2 aromatic rings. The Morgan fingerprint density at radius 3 is 2.80 bits per heavy atom. The van der Waals surface area contributed by atoms with Crippen LogP contribution in [0.2, 0.25) is 0 Å². The maximum absolute atomic E-state index is 12.7. The van der Waals surface area contributed by atoms with E-state index in [0.29, 0.717) is 16.5 Å². The van der Waals surface area contributed by atoms with Crippen molar-refractivity contribution in [3.63, 3.8) is 0 Å². The van der Waals surface area contributed by atoms with Crippen molar-refractivity contribution in [2.24, 2.45) is 5.92 Å². The number of nitriles is 1. The second kappa shape index (κ2) is 6.69. The Kier molecular flexibility index (Phi) is 4.60. The fraction of sp³-hybridized carbons (Fsp3) is 0.316.